The summed E-state index contributed by atoms with van der Waals surface area (Å²) >= 11 is 0. The second-order valence-corrected chi connectivity index (χ2v) is 6.12. The highest BCUT2D eigenvalue weighted by Gasteiger charge is 2.07. The van der Waals surface area contributed by atoms with Gasteiger partial charge in [0.05, 0.1) is 0 Å². The van der Waals surface area contributed by atoms with E-state index in [1.54, 1.807) is 0 Å². The summed E-state index contributed by atoms with van der Waals surface area (Å²) in [6.07, 6.45) is 3.09. The van der Waals surface area contributed by atoms with Crippen molar-refractivity contribution in [3.63, 3.8) is 0 Å². The number of guanidine groups is 1. The zero-order valence-corrected chi connectivity index (χ0v) is 15.8. The number of ether oxygens (including phenoxy) is 1. The fourth-order valence-electron chi connectivity index (χ4n) is 2.96. The number of fused-ring (bicyclic) bond motifs is 1. The molecule has 0 unspecified atom stereocenters. The molecule has 0 saturated heterocycles. The van der Waals surface area contributed by atoms with Gasteiger partial charge in [0.15, 0.2) is 5.96 Å². The van der Waals surface area contributed by atoms with Crippen molar-refractivity contribution in [3.05, 3.63) is 35.5 Å². The van der Waals surface area contributed by atoms with Crippen molar-refractivity contribution in [2.75, 3.05) is 32.8 Å². The number of aliphatic imine (C=N–C) groups is 1. The molecule has 1 aromatic heterocycles. The molecule has 1 heterocycles. The molecule has 0 bridgehead atoms. The maximum atomic E-state index is 5.36. The topological polar surface area (TPSA) is 61.4 Å². The molecule has 0 aliphatic carbocycles. The highest BCUT2D eigenvalue weighted by Crippen LogP contribution is 2.21. The van der Waals surface area contributed by atoms with E-state index in [1.165, 1.54) is 22.2 Å². The molecule has 0 amide bonds. The van der Waals surface area contributed by atoms with Gasteiger partial charge >= 0.3 is 0 Å². The van der Waals surface area contributed by atoms with E-state index in [1.807, 2.05) is 6.92 Å². The summed E-state index contributed by atoms with van der Waals surface area (Å²) in [6, 6.07) is 8.49. The quantitative estimate of drug-likeness (QED) is 0.352. The zero-order chi connectivity index (χ0) is 17.9. The van der Waals surface area contributed by atoms with Crippen molar-refractivity contribution in [2.24, 2.45) is 4.99 Å². The first-order valence-corrected chi connectivity index (χ1v) is 9.42. The van der Waals surface area contributed by atoms with Crippen LogP contribution in [-0.2, 0) is 11.2 Å². The third kappa shape index (κ3) is 6.09. The average Bonchev–Trinajstić information content (AvgIpc) is 2.93. The van der Waals surface area contributed by atoms with Gasteiger partial charge in [0.25, 0.3) is 0 Å². The lowest BCUT2D eigenvalue weighted by atomic mass is 10.1. The molecule has 2 rings (SSSR count). The Morgan fingerprint density at radius 3 is 2.80 bits per heavy atom. The second-order valence-electron chi connectivity index (χ2n) is 6.12. The van der Waals surface area contributed by atoms with Crippen LogP contribution in [0.25, 0.3) is 10.9 Å². The fraction of sp³-hybridized carbons (Fsp3) is 0.550. The van der Waals surface area contributed by atoms with Crippen molar-refractivity contribution in [2.45, 2.75) is 40.0 Å². The summed E-state index contributed by atoms with van der Waals surface area (Å²) in [7, 11) is 0. The molecule has 25 heavy (non-hydrogen) atoms. The molecule has 0 fully saturated rings. The summed E-state index contributed by atoms with van der Waals surface area (Å²) in [5, 5.41) is 8.08. The number of rotatable bonds is 10. The molecular weight excluding hydrogens is 312 g/mol. The molecule has 0 atom stereocenters. The van der Waals surface area contributed by atoms with E-state index in [9.17, 15) is 0 Å². The predicted molar refractivity (Wildman–Crippen MR) is 106 cm³/mol. The van der Waals surface area contributed by atoms with Gasteiger partial charge in [-0.1, -0.05) is 18.2 Å². The average molecular weight is 345 g/mol. The van der Waals surface area contributed by atoms with Crippen LogP contribution in [0, 0.1) is 6.92 Å². The lowest BCUT2D eigenvalue weighted by molar-refractivity contribution is 0.144. The Balaban J connectivity index is 1.83. The van der Waals surface area contributed by atoms with Crippen LogP contribution in [0.2, 0.25) is 0 Å². The van der Waals surface area contributed by atoms with Crippen LogP contribution >= 0.6 is 0 Å². The highest BCUT2D eigenvalue weighted by atomic mass is 16.5. The van der Waals surface area contributed by atoms with Crippen molar-refractivity contribution in [3.8, 4) is 0 Å². The molecule has 0 saturated carbocycles. The SMILES string of the molecule is CCNC(=NCCCCOCC)NCCc1c(C)[nH]c2ccccc12. The van der Waals surface area contributed by atoms with Crippen LogP contribution < -0.4 is 10.6 Å². The first-order chi connectivity index (χ1) is 12.3. The van der Waals surface area contributed by atoms with Crippen LogP contribution in [0.5, 0.6) is 0 Å². The Morgan fingerprint density at radius 1 is 1.16 bits per heavy atom. The van der Waals surface area contributed by atoms with Gasteiger partial charge in [-0.05, 0) is 51.7 Å². The van der Waals surface area contributed by atoms with Crippen molar-refractivity contribution < 1.29 is 4.74 Å². The molecule has 138 valence electrons. The van der Waals surface area contributed by atoms with Crippen molar-refractivity contribution in [1.29, 1.82) is 0 Å². The first-order valence-electron chi connectivity index (χ1n) is 9.42. The van der Waals surface area contributed by atoms with Crippen molar-refractivity contribution in [1.82, 2.24) is 15.6 Å². The maximum Gasteiger partial charge on any atom is 0.191 e. The number of para-hydroxylation sites is 1. The monoisotopic (exact) mass is 344 g/mol. The van der Waals surface area contributed by atoms with Gasteiger partial charge < -0.3 is 20.4 Å². The third-order valence-corrected chi connectivity index (χ3v) is 4.21. The number of hydrogen-bond acceptors (Lipinski definition) is 2. The Bertz CT molecular complexity index is 663. The van der Waals surface area contributed by atoms with E-state index in [4.69, 9.17) is 4.74 Å². The summed E-state index contributed by atoms with van der Waals surface area (Å²) in [5.74, 6) is 0.899. The predicted octanol–water partition coefficient (Wildman–Crippen LogP) is 3.39. The van der Waals surface area contributed by atoms with Gasteiger partial charge in [0, 0.05) is 49.4 Å². The van der Waals surface area contributed by atoms with Crippen LogP contribution in [0.15, 0.2) is 29.3 Å². The van der Waals surface area contributed by atoms with Gasteiger partial charge in [-0.15, -0.1) is 0 Å². The number of aromatic nitrogens is 1. The first kappa shape index (κ1) is 19.3. The molecule has 2 aromatic rings. The van der Waals surface area contributed by atoms with Crippen molar-refractivity contribution >= 4 is 16.9 Å². The number of benzene rings is 1. The van der Waals surface area contributed by atoms with E-state index < -0.39 is 0 Å². The van der Waals surface area contributed by atoms with Crippen LogP contribution in [0.3, 0.4) is 0 Å². The largest absolute Gasteiger partial charge is 0.382 e. The molecule has 5 heteroatoms. The smallest absolute Gasteiger partial charge is 0.191 e. The fourth-order valence-corrected chi connectivity index (χ4v) is 2.96. The minimum atomic E-state index is 0.792. The minimum absolute atomic E-state index is 0.792. The summed E-state index contributed by atoms with van der Waals surface area (Å²) in [4.78, 5) is 8.11. The number of nitrogens with zero attached hydrogens (tertiary/aromatic N) is 1. The van der Waals surface area contributed by atoms with Gasteiger partial charge in [-0.25, -0.2) is 0 Å². The summed E-state index contributed by atoms with van der Waals surface area (Å²) in [5.41, 5.74) is 3.85. The Hall–Kier alpha value is -2.01. The lowest BCUT2D eigenvalue weighted by Gasteiger charge is -2.11. The van der Waals surface area contributed by atoms with Gasteiger partial charge in [-0.2, -0.15) is 0 Å². The van der Waals surface area contributed by atoms with E-state index in [0.29, 0.717) is 0 Å². The van der Waals surface area contributed by atoms with Gasteiger partial charge in [-0.3, -0.25) is 4.99 Å². The van der Waals surface area contributed by atoms with Crippen LogP contribution in [0.1, 0.15) is 37.9 Å². The van der Waals surface area contributed by atoms with E-state index in [-0.39, 0.29) is 0 Å². The number of H-pyrrole nitrogens is 1. The molecule has 5 nitrogen and oxygen atoms in total. The molecule has 0 aliphatic rings. The molecule has 0 radical (unpaired) electrons. The molecular formula is C20H32N4O. The van der Waals surface area contributed by atoms with Gasteiger partial charge in [0.1, 0.15) is 0 Å². The Labute approximate surface area is 151 Å². The lowest BCUT2D eigenvalue weighted by Crippen LogP contribution is -2.38. The summed E-state index contributed by atoms with van der Waals surface area (Å²) in [6.45, 7) is 10.5. The number of aromatic amines is 1. The molecule has 0 aliphatic heterocycles. The number of hydrogen-bond donors (Lipinski definition) is 3. The van der Waals surface area contributed by atoms with Gasteiger partial charge in [0.2, 0.25) is 0 Å². The third-order valence-electron chi connectivity index (χ3n) is 4.21. The zero-order valence-electron chi connectivity index (χ0n) is 15.8. The summed E-state index contributed by atoms with van der Waals surface area (Å²) < 4.78 is 5.36. The maximum absolute atomic E-state index is 5.36. The second kappa shape index (κ2) is 10.8. The Kier molecular flexibility index (Phi) is 8.32. The Morgan fingerprint density at radius 2 is 2.00 bits per heavy atom. The number of nitrogens with one attached hydrogen (secondary N) is 3. The van der Waals surface area contributed by atoms with Crippen LogP contribution in [-0.4, -0.2) is 43.8 Å². The van der Waals surface area contributed by atoms with E-state index >= 15 is 0 Å². The molecule has 1 aromatic carbocycles. The van der Waals surface area contributed by atoms with E-state index in [2.05, 4.69) is 58.7 Å². The standard InChI is InChI=1S/C20H32N4O/c1-4-21-20(22-13-8-9-15-25-5-2)23-14-12-17-16(3)24-19-11-7-6-10-18(17)19/h6-7,10-11,24H,4-5,8-9,12-15H2,1-3H3,(H2,21,22,23). The normalized spacial score (nSPS) is 11.9. The van der Waals surface area contributed by atoms with E-state index in [0.717, 1.165) is 58.1 Å². The molecule has 3 N–H and O–H groups in total. The minimum Gasteiger partial charge on any atom is -0.382 e. The number of aryl methyl sites for hydroxylation is 1. The number of unbranched alkanes of at least 4 members (excludes halogenated alkanes) is 1. The van der Waals surface area contributed by atoms with Crippen LogP contribution in [0.4, 0.5) is 0 Å². The molecule has 0 spiro atoms. The highest BCUT2D eigenvalue weighted by molar-refractivity contribution is 5.84.